The van der Waals surface area contributed by atoms with E-state index >= 15 is 0 Å². The lowest BCUT2D eigenvalue weighted by Gasteiger charge is -2.42. The summed E-state index contributed by atoms with van der Waals surface area (Å²) in [5, 5.41) is 0.637. The molecule has 2 nitrogen and oxygen atoms in total. The van der Waals surface area contributed by atoms with E-state index in [2.05, 4.69) is 4.90 Å². The van der Waals surface area contributed by atoms with Gasteiger partial charge in [-0.2, -0.15) is 0 Å². The predicted molar refractivity (Wildman–Crippen MR) is 74.5 cm³/mol. The van der Waals surface area contributed by atoms with E-state index in [1.165, 1.54) is 25.7 Å². The lowest BCUT2D eigenvalue weighted by Crippen LogP contribution is -2.43. The van der Waals surface area contributed by atoms with Gasteiger partial charge in [-0.3, -0.25) is 4.79 Å². The monoisotopic (exact) mass is 263 g/mol. The molecular weight excluding hydrogens is 246 g/mol. The van der Waals surface area contributed by atoms with Crippen LogP contribution in [0, 0.1) is 11.8 Å². The third-order valence-corrected chi connectivity index (χ3v) is 4.54. The van der Waals surface area contributed by atoms with E-state index in [-0.39, 0.29) is 0 Å². The van der Waals surface area contributed by atoms with Crippen LogP contribution in [-0.2, 0) is 0 Å². The van der Waals surface area contributed by atoms with Gasteiger partial charge in [0, 0.05) is 29.4 Å². The highest BCUT2D eigenvalue weighted by Gasteiger charge is 2.31. The first kappa shape index (κ1) is 12.0. The largest absolute Gasteiger partial charge is 0.370 e. The van der Waals surface area contributed by atoms with Crippen LogP contribution >= 0.6 is 11.6 Å². The van der Waals surface area contributed by atoms with Gasteiger partial charge in [-0.25, -0.2) is 0 Å². The second-order valence-electron chi connectivity index (χ2n) is 5.62. The summed E-state index contributed by atoms with van der Waals surface area (Å²) < 4.78 is 0. The molecule has 1 saturated carbocycles. The first-order valence-corrected chi connectivity index (χ1v) is 7.13. The maximum Gasteiger partial charge on any atom is 0.152 e. The van der Waals surface area contributed by atoms with Gasteiger partial charge < -0.3 is 4.90 Å². The quantitative estimate of drug-likeness (QED) is 0.757. The average molecular weight is 264 g/mol. The van der Waals surface area contributed by atoms with Gasteiger partial charge >= 0.3 is 0 Å². The molecule has 2 unspecified atom stereocenters. The smallest absolute Gasteiger partial charge is 0.152 e. The lowest BCUT2D eigenvalue weighted by atomic mass is 9.77. The van der Waals surface area contributed by atoms with Crippen molar-refractivity contribution in [2.24, 2.45) is 11.8 Å². The van der Waals surface area contributed by atoms with Crippen molar-refractivity contribution in [3.05, 3.63) is 28.8 Å². The number of piperidine rings is 1. The van der Waals surface area contributed by atoms with Crippen LogP contribution in [0.15, 0.2) is 18.2 Å². The number of halogens is 1. The third kappa shape index (κ3) is 2.26. The highest BCUT2D eigenvalue weighted by molar-refractivity contribution is 6.31. The number of anilines is 1. The van der Waals surface area contributed by atoms with E-state index in [9.17, 15) is 4.79 Å². The first-order chi connectivity index (χ1) is 8.76. The summed E-state index contributed by atoms with van der Waals surface area (Å²) in [6.45, 7) is 2.19. The van der Waals surface area contributed by atoms with Crippen molar-refractivity contribution in [3.63, 3.8) is 0 Å². The Labute approximate surface area is 113 Å². The number of benzene rings is 1. The number of aldehydes is 1. The molecule has 1 aromatic carbocycles. The van der Waals surface area contributed by atoms with E-state index in [1.807, 2.05) is 12.1 Å². The molecule has 1 aliphatic carbocycles. The number of hydrogen-bond acceptors (Lipinski definition) is 2. The molecule has 2 bridgehead atoms. The van der Waals surface area contributed by atoms with Crippen molar-refractivity contribution in [3.8, 4) is 0 Å². The van der Waals surface area contributed by atoms with Crippen molar-refractivity contribution in [1.82, 2.24) is 0 Å². The van der Waals surface area contributed by atoms with Crippen molar-refractivity contribution in [2.75, 3.05) is 18.0 Å². The van der Waals surface area contributed by atoms with E-state index in [1.54, 1.807) is 6.07 Å². The molecule has 2 fully saturated rings. The molecule has 0 amide bonds. The molecule has 3 heteroatoms. The molecule has 2 aliphatic rings. The standard InChI is InChI=1S/C15H18ClNO/c16-14-4-5-15(13(7-14)10-18)17-8-11-2-1-3-12(6-11)9-17/h4-5,7,10-12H,1-3,6,8-9H2. The second kappa shape index (κ2) is 4.93. The minimum absolute atomic E-state index is 0.637. The minimum Gasteiger partial charge on any atom is -0.370 e. The van der Waals surface area contributed by atoms with Gasteiger partial charge in [-0.15, -0.1) is 0 Å². The fourth-order valence-corrected chi connectivity index (χ4v) is 3.72. The van der Waals surface area contributed by atoms with Crippen molar-refractivity contribution >= 4 is 23.6 Å². The SMILES string of the molecule is O=Cc1cc(Cl)ccc1N1CC2CCCC(C2)C1. The fourth-order valence-electron chi connectivity index (χ4n) is 3.54. The van der Waals surface area contributed by atoms with Crippen LogP contribution in [0.2, 0.25) is 5.02 Å². The zero-order valence-corrected chi connectivity index (χ0v) is 11.2. The summed E-state index contributed by atoms with van der Waals surface area (Å²) in [6.07, 6.45) is 6.37. The molecule has 0 N–H and O–H groups in total. The second-order valence-corrected chi connectivity index (χ2v) is 6.06. The normalized spacial score (nSPS) is 27.1. The molecule has 1 aromatic rings. The van der Waals surface area contributed by atoms with E-state index in [4.69, 9.17) is 11.6 Å². The summed E-state index contributed by atoms with van der Waals surface area (Å²) in [6, 6.07) is 5.65. The van der Waals surface area contributed by atoms with E-state index < -0.39 is 0 Å². The van der Waals surface area contributed by atoms with Crippen LogP contribution in [0.1, 0.15) is 36.0 Å². The molecule has 1 aliphatic heterocycles. The maximum absolute atomic E-state index is 11.2. The van der Waals surface area contributed by atoms with Crippen LogP contribution in [-0.4, -0.2) is 19.4 Å². The van der Waals surface area contributed by atoms with E-state index in [0.29, 0.717) is 5.02 Å². The molecule has 0 spiro atoms. The van der Waals surface area contributed by atoms with Crippen molar-refractivity contribution in [2.45, 2.75) is 25.7 Å². The number of fused-ring (bicyclic) bond motifs is 2. The number of carbonyl (C=O) groups is 1. The number of carbonyl (C=O) groups excluding carboxylic acids is 1. The molecule has 1 heterocycles. The zero-order valence-electron chi connectivity index (χ0n) is 10.4. The Morgan fingerprint density at radius 2 is 1.94 bits per heavy atom. The number of nitrogens with zero attached hydrogens (tertiary/aromatic N) is 1. The minimum atomic E-state index is 0.637. The molecule has 3 rings (SSSR count). The Bertz CT molecular complexity index is 448. The summed E-state index contributed by atoms with van der Waals surface area (Å²) in [5.41, 5.74) is 1.79. The van der Waals surface area contributed by atoms with Gasteiger partial charge in [0.05, 0.1) is 0 Å². The van der Waals surface area contributed by atoms with Gasteiger partial charge in [0.15, 0.2) is 6.29 Å². The van der Waals surface area contributed by atoms with Gasteiger partial charge in [0.25, 0.3) is 0 Å². The molecule has 0 radical (unpaired) electrons. The number of hydrogen-bond donors (Lipinski definition) is 0. The molecule has 2 atom stereocenters. The third-order valence-electron chi connectivity index (χ3n) is 4.31. The van der Waals surface area contributed by atoms with Crippen LogP contribution in [0.3, 0.4) is 0 Å². The molecule has 18 heavy (non-hydrogen) atoms. The number of rotatable bonds is 2. The molecular formula is C15H18ClNO. The van der Waals surface area contributed by atoms with Gasteiger partial charge in [0.2, 0.25) is 0 Å². The van der Waals surface area contributed by atoms with Crippen LogP contribution in [0.4, 0.5) is 5.69 Å². The van der Waals surface area contributed by atoms with Crippen LogP contribution in [0.25, 0.3) is 0 Å². The molecule has 96 valence electrons. The average Bonchev–Trinajstić information content (AvgIpc) is 2.38. The van der Waals surface area contributed by atoms with Crippen LogP contribution in [0.5, 0.6) is 0 Å². The fraction of sp³-hybridized carbons (Fsp3) is 0.533. The predicted octanol–water partition coefficient (Wildman–Crippen LogP) is 3.78. The van der Waals surface area contributed by atoms with Crippen molar-refractivity contribution in [1.29, 1.82) is 0 Å². The Kier molecular flexibility index (Phi) is 3.29. The Morgan fingerprint density at radius 1 is 1.22 bits per heavy atom. The Balaban J connectivity index is 1.88. The summed E-state index contributed by atoms with van der Waals surface area (Å²) in [7, 11) is 0. The molecule has 0 aromatic heterocycles. The zero-order chi connectivity index (χ0) is 12.5. The summed E-state index contributed by atoms with van der Waals surface area (Å²) >= 11 is 5.95. The highest BCUT2D eigenvalue weighted by atomic mass is 35.5. The lowest BCUT2D eigenvalue weighted by molar-refractivity contribution is 0.112. The Morgan fingerprint density at radius 3 is 2.61 bits per heavy atom. The summed E-state index contributed by atoms with van der Waals surface area (Å²) in [4.78, 5) is 13.6. The Hall–Kier alpha value is -1.02. The highest BCUT2D eigenvalue weighted by Crippen LogP contribution is 2.37. The van der Waals surface area contributed by atoms with Gasteiger partial charge in [0.1, 0.15) is 0 Å². The van der Waals surface area contributed by atoms with Crippen molar-refractivity contribution < 1.29 is 4.79 Å². The maximum atomic E-state index is 11.2. The van der Waals surface area contributed by atoms with Gasteiger partial charge in [-0.05, 0) is 49.3 Å². The molecule has 1 saturated heterocycles. The summed E-state index contributed by atoms with van der Waals surface area (Å²) in [5.74, 6) is 1.63. The van der Waals surface area contributed by atoms with E-state index in [0.717, 1.165) is 42.5 Å². The van der Waals surface area contributed by atoms with Gasteiger partial charge in [-0.1, -0.05) is 18.0 Å². The topological polar surface area (TPSA) is 20.3 Å². The van der Waals surface area contributed by atoms with Crippen LogP contribution < -0.4 is 4.90 Å². The first-order valence-electron chi connectivity index (χ1n) is 6.76.